The molecule has 0 radical (unpaired) electrons. The molecule has 1 N–H and O–H groups in total. The molecule has 0 saturated heterocycles. The summed E-state index contributed by atoms with van der Waals surface area (Å²) in [6, 6.07) is 20.6. The minimum Gasteiger partial charge on any atom is -0.496 e. The maximum atomic E-state index is 12.6. The van der Waals surface area contributed by atoms with E-state index >= 15 is 0 Å². The molecule has 0 aliphatic heterocycles. The Balaban J connectivity index is 1.40. The maximum Gasteiger partial charge on any atom is 0.249 e. The number of anilines is 1. The largest absolute Gasteiger partial charge is 0.496 e. The Kier molecular flexibility index (Phi) is 8.70. The summed E-state index contributed by atoms with van der Waals surface area (Å²) in [6.45, 7) is 0.811. The van der Waals surface area contributed by atoms with Gasteiger partial charge in [-0.3, -0.25) is 9.48 Å². The van der Waals surface area contributed by atoms with Crippen molar-refractivity contribution >= 4 is 56.9 Å². The van der Waals surface area contributed by atoms with E-state index in [-0.39, 0.29) is 5.91 Å². The number of nitrogens with zero attached hydrogens (tertiary/aromatic N) is 2. The molecule has 0 spiro atoms. The fourth-order valence-electron chi connectivity index (χ4n) is 3.41. The van der Waals surface area contributed by atoms with Crippen molar-refractivity contribution in [3.8, 4) is 11.5 Å². The fourth-order valence-corrected chi connectivity index (χ4v) is 4.15. The van der Waals surface area contributed by atoms with Gasteiger partial charge in [-0.1, -0.05) is 53.5 Å². The van der Waals surface area contributed by atoms with Gasteiger partial charge in [0.25, 0.3) is 0 Å². The van der Waals surface area contributed by atoms with Crippen LogP contribution in [0.5, 0.6) is 11.5 Å². The quantitative estimate of drug-likeness (QED) is 0.210. The second-order valence-electron chi connectivity index (χ2n) is 7.77. The summed E-state index contributed by atoms with van der Waals surface area (Å²) in [7, 11) is 1.61. The highest BCUT2D eigenvalue weighted by molar-refractivity contribution is 9.10. The summed E-state index contributed by atoms with van der Waals surface area (Å²) < 4.78 is 13.7. The lowest BCUT2D eigenvalue weighted by atomic mass is 10.1. The van der Waals surface area contributed by atoms with Gasteiger partial charge in [-0.2, -0.15) is 5.10 Å². The molecule has 1 amide bonds. The molecule has 1 aromatic heterocycles. The van der Waals surface area contributed by atoms with Crippen molar-refractivity contribution in [3.05, 3.63) is 110 Å². The number of hydrogen-bond acceptors (Lipinski definition) is 4. The van der Waals surface area contributed by atoms with E-state index in [1.165, 1.54) is 6.08 Å². The zero-order chi connectivity index (χ0) is 25.5. The van der Waals surface area contributed by atoms with Gasteiger partial charge in [0.1, 0.15) is 18.1 Å². The number of para-hydroxylation sites is 1. The van der Waals surface area contributed by atoms with Crippen molar-refractivity contribution in [2.75, 3.05) is 12.4 Å². The molecule has 0 saturated carbocycles. The zero-order valence-corrected chi connectivity index (χ0v) is 22.3. The van der Waals surface area contributed by atoms with Gasteiger partial charge in [-0.05, 0) is 69.5 Å². The predicted octanol–water partition coefficient (Wildman–Crippen LogP) is 7.24. The second-order valence-corrected chi connectivity index (χ2v) is 9.44. The van der Waals surface area contributed by atoms with Crippen molar-refractivity contribution in [2.24, 2.45) is 0 Å². The van der Waals surface area contributed by atoms with E-state index in [1.54, 1.807) is 36.2 Å². The van der Waals surface area contributed by atoms with Gasteiger partial charge >= 0.3 is 0 Å². The number of nitrogens with one attached hydrogen (secondary N) is 1. The van der Waals surface area contributed by atoms with Crippen molar-refractivity contribution in [1.82, 2.24) is 9.78 Å². The molecule has 0 bridgehead atoms. The SMILES string of the molecule is COc1ccc(/C=C/C(=O)Nc2nn(Cc3ccc(Cl)c(Cl)c3)cc2Br)cc1COc1ccccc1. The summed E-state index contributed by atoms with van der Waals surface area (Å²) >= 11 is 15.5. The van der Waals surface area contributed by atoms with Gasteiger partial charge in [0.05, 0.1) is 28.2 Å². The van der Waals surface area contributed by atoms with Crippen molar-refractivity contribution in [3.63, 3.8) is 0 Å². The second kappa shape index (κ2) is 12.1. The lowest BCUT2D eigenvalue weighted by Gasteiger charge is -2.11. The van der Waals surface area contributed by atoms with Crippen molar-refractivity contribution in [2.45, 2.75) is 13.2 Å². The number of rotatable bonds is 9. The summed E-state index contributed by atoms with van der Waals surface area (Å²) in [5, 5.41) is 8.20. The Hall–Kier alpha value is -3.26. The number of halogens is 3. The molecule has 3 aromatic carbocycles. The molecule has 184 valence electrons. The number of aromatic nitrogens is 2. The Morgan fingerprint density at radius 1 is 1.08 bits per heavy atom. The van der Waals surface area contributed by atoms with Crippen LogP contribution in [0.25, 0.3) is 6.08 Å². The monoisotopic (exact) mass is 585 g/mol. The van der Waals surface area contributed by atoms with Crippen molar-refractivity contribution < 1.29 is 14.3 Å². The van der Waals surface area contributed by atoms with Gasteiger partial charge in [-0.15, -0.1) is 0 Å². The van der Waals surface area contributed by atoms with Crippen LogP contribution in [-0.2, 0) is 17.9 Å². The van der Waals surface area contributed by atoms with E-state index in [2.05, 4.69) is 26.3 Å². The molecule has 6 nitrogen and oxygen atoms in total. The Morgan fingerprint density at radius 2 is 1.89 bits per heavy atom. The Morgan fingerprint density at radius 3 is 2.64 bits per heavy atom. The van der Waals surface area contributed by atoms with Gasteiger partial charge < -0.3 is 14.8 Å². The molecule has 0 unspecified atom stereocenters. The maximum absolute atomic E-state index is 12.6. The first-order valence-corrected chi connectivity index (χ1v) is 12.5. The topological polar surface area (TPSA) is 65.4 Å². The normalized spacial score (nSPS) is 11.0. The lowest BCUT2D eigenvalue weighted by molar-refractivity contribution is -0.111. The van der Waals surface area contributed by atoms with Gasteiger partial charge in [0, 0.05) is 17.8 Å². The molecule has 0 aliphatic carbocycles. The first kappa shape index (κ1) is 25.8. The number of amides is 1. The fraction of sp³-hybridized carbons (Fsp3) is 0.111. The van der Waals surface area contributed by atoms with E-state index < -0.39 is 0 Å². The molecule has 0 atom stereocenters. The lowest BCUT2D eigenvalue weighted by Crippen LogP contribution is -2.09. The standard InChI is InChI=1S/C27H22BrCl2N3O3/c1-35-25-11-8-18(13-20(25)17-36-21-5-3-2-4-6-21)9-12-26(34)31-27-22(28)16-33(32-27)15-19-7-10-23(29)24(30)14-19/h2-14,16H,15,17H2,1H3,(H,31,32,34)/b12-9+. The van der Waals surface area contributed by atoms with Crippen LogP contribution in [0.15, 0.2) is 83.5 Å². The van der Waals surface area contributed by atoms with E-state index in [4.69, 9.17) is 32.7 Å². The van der Waals surface area contributed by atoms with E-state index in [1.807, 2.05) is 54.6 Å². The van der Waals surface area contributed by atoms with Gasteiger partial charge in [0.15, 0.2) is 5.82 Å². The number of methoxy groups -OCH3 is 1. The average Bonchev–Trinajstić information content (AvgIpc) is 3.22. The van der Waals surface area contributed by atoms with E-state index in [9.17, 15) is 4.79 Å². The highest BCUT2D eigenvalue weighted by atomic mass is 79.9. The van der Waals surface area contributed by atoms with Gasteiger partial charge in [-0.25, -0.2) is 0 Å². The third-order valence-electron chi connectivity index (χ3n) is 5.16. The third-order valence-corrected chi connectivity index (χ3v) is 6.48. The molecule has 4 aromatic rings. The number of benzene rings is 3. The van der Waals surface area contributed by atoms with Crippen molar-refractivity contribution in [1.29, 1.82) is 0 Å². The molecule has 0 aliphatic rings. The van der Waals surface area contributed by atoms with Crippen LogP contribution in [0.3, 0.4) is 0 Å². The summed E-state index contributed by atoms with van der Waals surface area (Å²) in [5.41, 5.74) is 2.64. The Bertz CT molecular complexity index is 1390. The van der Waals surface area contributed by atoms with Crippen LogP contribution in [-0.4, -0.2) is 22.8 Å². The van der Waals surface area contributed by atoms with E-state index in [0.29, 0.717) is 39.2 Å². The predicted molar refractivity (Wildman–Crippen MR) is 147 cm³/mol. The number of carbonyl (C=O) groups excluding carboxylic acids is 1. The first-order chi connectivity index (χ1) is 17.4. The van der Waals surface area contributed by atoms with Crippen LogP contribution >= 0.6 is 39.1 Å². The Labute approximate surface area is 227 Å². The molecule has 36 heavy (non-hydrogen) atoms. The van der Waals surface area contributed by atoms with Gasteiger partial charge in [0.2, 0.25) is 5.91 Å². The summed E-state index contributed by atoms with van der Waals surface area (Å²) in [5.74, 6) is 1.58. The number of hydrogen-bond donors (Lipinski definition) is 1. The van der Waals surface area contributed by atoms with Crippen LogP contribution < -0.4 is 14.8 Å². The third kappa shape index (κ3) is 6.91. The van der Waals surface area contributed by atoms with Crippen LogP contribution in [0, 0.1) is 0 Å². The molecule has 4 rings (SSSR count). The van der Waals surface area contributed by atoms with Crippen LogP contribution in [0.4, 0.5) is 5.82 Å². The van der Waals surface area contributed by atoms with Crippen LogP contribution in [0.2, 0.25) is 10.0 Å². The number of ether oxygens (including phenoxy) is 2. The summed E-state index contributed by atoms with van der Waals surface area (Å²) in [6.07, 6.45) is 4.96. The number of carbonyl (C=O) groups is 1. The smallest absolute Gasteiger partial charge is 0.249 e. The highest BCUT2D eigenvalue weighted by Crippen LogP contribution is 2.25. The van der Waals surface area contributed by atoms with E-state index in [0.717, 1.165) is 22.4 Å². The molecular weight excluding hydrogens is 565 g/mol. The zero-order valence-electron chi connectivity index (χ0n) is 19.3. The molecule has 9 heteroatoms. The highest BCUT2D eigenvalue weighted by Gasteiger charge is 2.10. The van der Waals surface area contributed by atoms with Crippen LogP contribution in [0.1, 0.15) is 16.7 Å². The summed E-state index contributed by atoms with van der Waals surface area (Å²) in [4.78, 5) is 12.6. The first-order valence-electron chi connectivity index (χ1n) is 10.9. The molecule has 0 fully saturated rings. The minimum absolute atomic E-state index is 0.312. The minimum atomic E-state index is -0.312. The average molecular weight is 587 g/mol. The molecule has 1 heterocycles. The molecular formula is C27H22BrCl2N3O3.